The van der Waals surface area contributed by atoms with E-state index in [0.717, 1.165) is 76.6 Å². The van der Waals surface area contributed by atoms with Gasteiger partial charge in [-0.1, -0.05) is 19.1 Å². The Hall–Kier alpha value is -3.69. The largest absolute Gasteiger partial charge is 0.508 e. The van der Waals surface area contributed by atoms with E-state index < -0.39 is 0 Å². The number of phenolic OH excluding ortho intramolecular Hbond substituents is 1. The SMILES string of the molecule is CCc1cc(O)ccc1-c1ccc2c(-c3nc4c([nH]3)CN(C)C(C(=O)N3CCN(C)CC3C)C4)n[nH]c2c1. The van der Waals surface area contributed by atoms with Crippen molar-refractivity contribution in [3.8, 4) is 28.4 Å². The van der Waals surface area contributed by atoms with Gasteiger partial charge >= 0.3 is 0 Å². The average Bonchev–Trinajstić information content (AvgIpc) is 3.50. The van der Waals surface area contributed by atoms with Crippen LogP contribution in [0.5, 0.6) is 5.75 Å². The molecule has 2 aromatic carbocycles. The van der Waals surface area contributed by atoms with Crippen LogP contribution in [0.3, 0.4) is 0 Å². The third-order valence-electron chi connectivity index (χ3n) is 8.16. The third-order valence-corrected chi connectivity index (χ3v) is 8.16. The van der Waals surface area contributed by atoms with Crippen LogP contribution in [-0.4, -0.2) is 91.7 Å². The smallest absolute Gasteiger partial charge is 0.240 e. The number of amides is 1. The van der Waals surface area contributed by atoms with Crippen LogP contribution in [0.1, 0.15) is 30.8 Å². The number of nitrogens with one attached hydrogen (secondary N) is 2. The van der Waals surface area contributed by atoms with E-state index in [2.05, 4.69) is 64.1 Å². The van der Waals surface area contributed by atoms with Gasteiger partial charge in [0.2, 0.25) is 5.91 Å². The number of benzene rings is 2. The first-order valence-electron chi connectivity index (χ1n) is 13.4. The second-order valence-corrected chi connectivity index (χ2v) is 10.8. The number of rotatable bonds is 4. The Morgan fingerprint density at radius 1 is 1.16 bits per heavy atom. The number of aromatic nitrogens is 4. The summed E-state index contributed by atoms with van der Waals surface area (Å²) in [7, 11) is 4.13. The summed E-state index contributed by atoms with van der Waals surface area (Å²) in [6, 6.07) is 11.8. The highest BCUT2D eigenvalue weighted by Gasteiger charge is 2.37. The van der Waals surface area contributed by atoms with Crippen molar-refractivity contribution in [2.45, 2.75) is 45.3 Å². The highest BCUT2D eigenvalue weighted by Crippen LogP contribution is 2.33. The van der Waals surface area contributed by atoms with Gasteiger partial charge in [0.15, 0.2) is 5.82 Å². The summed E-state index contributed by atoms with van der Waals surface area (Å²) in [5, 5.41) is 18.7. The molecule has 0 saturated carbocycles. The van der Waals surface area contributed by atoms with Crippen LogP contribution in [0.15, 0.2) is 36.4 Å². The van der Waals surface area contributed by atoms with E-state index in [4.69, 9.17) is 4.98 Å². The van der Waals surface area contributed by atoms with Gasteiger partial charge in [-0.3, -0.25) is 14.8 Å². The number of carbonyl (C=O) groups is 1. The van der Waals surface area contributed by atoms with E-state index in [1.165, 1.54) is 0 Å². The molecule has 2 aromatic heterocycles. The first-order chi connectivity index (χ1) is 18.3. The normalized spacial score (nSPS) is 20.7. The molecule has 6 rings (SSSR count). The van der Waals surface area contributed by atoms with Crippen molar-refractivity contribution >= 4 is 16.8 Å². The molecule has 198 valence electrons. The molecule has 9 nitrogen and oxygen atoms in total. The number of hydrogen-bond donors (Lipinski definition) is 3. The molecule has 0 spiro atoms. The monoisotopic (exact) mass is 513 g/mol. The van der Waals surface area contributed by atoms with Crippen molar-refractivity contribution in [1.29, 1.82) is 0 Å². The molecule has 1 saturated heterocycles. The topological polar surface area (TPSA) is 104 Å². The summed E-state index contributed by atoms with van der Waals surface area (Å²) in [6.07, 6.45) is 1.42. The Bertz CT molecular complexity index is 1510. The van der Waals surface area contributed by atoms with Gasteiger partial charge in [0.25, 0.3) is 0 Å². The number of carbonyl (C=O) groups excluding carboxylic acids is 1. The van der Waals surface area contributed by atoms with Gasteiger partial charge in [-0.05, 0) is 68.4 Å². The predicted molar refractivity (Wildman–Crippen MR) is 148 cm³/mol. The zero-order valence-corrected chi connectivity index (χ0v) is 22.5. The predicted octanol–water partition coefficient (Wildman–Crippen LogP) is 3.41. The Labute approximate surface area is 222 Å². The van der Waals surface area contributed by atoms with Gasteiger partial charge < -0.3 is 19.9 Å². The molecule has 3 N–H and O–H groups in total. The van der Waals surface area contributed by atoms with Crippen LogP contribution < -0.4 is 0 Å². The van der Waals surface area contributed by atoms with Crippen molar-refractivity contribution in [2.75, 3.05) is 33.7 Å². The van der Waals surface area contributed by atoms with Crippen LogP contribution in [0.4, 0.5) is 0 Å². The van der Waals surface area contributed by atoms with Gasteiger partial charge in [0.05, 0.1) is 22.9 Å². The first-order valence-corrected chi connectivity index (χ1v) is 13.4. The molecule has 1 amide bonds. The van der Waals surface area contributed by atoms with Gasteiger partial charge in [-0.15, -0.1) is 0 Å². The summed E-state index contributed by atoms with van der Waals surface area (Å²) < 4.78 is 0. The Morgan fingerprint density at radius 3 is 2.79 bits per heavy atom. The number of piperazine rings is 1. The van der Waals surface area contributed by atoms with Crippen molar-refractivity contribution in [2.24, 2.45) is 0 Å². The van der Waals surface area contributed by atoms with E-state index in [9.17, 15) is 9.90 Å². The molecular weight excluding hydrogens is 478 g/mol. The van der Waals surface area contributed by atoms with E-state index in [0.29, 0.717) is 13.0 Å². The number of likely N-dealkylation sites (N-methyl/N-ethyl adjacent to an activating group) is 2. The molecule has 0 bridgehead atoms. The summed E-state index contributed by atoms with van der Waals surface area (Å²) in [5.74, 6) is 1.20. The third kappa shape index (κ3) is 4.25. The molecule has 2 aliphatic rings. The number of nitrogens with zero attached hydrogens (tertiary/aromatic N) is 5. The number of H-pyrrole nitrogens is 2. The van der Waals surface area contributed by atoms with Gasteiger partial charge in [0, 0.05) is 44.0 Å². The molecule has 4 heterocycles. The van der Waals surface area contributed by atoms with Gasteiger partial charge in [0.1, 0.15) is 11.4 Å². The number of aromatic hydroxyl groups is 1. The highest BCUT2D eigenvalue weighted by atomic mass is 16.3. The summed E-state index contributed by atoms with van der Waals surface area (Å²) in [4.78, 5) is 28.4. The molecular formula is C29H35N7O2. The Morgan fingerprint density at radius 2 is 2.00 bits per heavy atom. The minimum absolute atomic E-state index is 0.196. The van der Waals surface area contributed by atoms with Crippen molar-refractivity contribution < 1.29 is 9.90 Å². The summed E-state index contributed by atoms with van der Waals surface area (Å²) >= 11 is 0. The fourth-order valence-electron chi connectivity index (χ4n) is 6.01. The number of imidazole rings is 1. The number of fused-ring (bicyclic) bond motifs is 2. The average molecular weight is 514 g/mol. The van der Waals surface area contributed by atoms with E-state index >= 15 is 0 Å². The summed E-state index contributed by atoms with van der Waals surface area (Å²) in [5.41, 5.74) is 6.97. The maximum atomic E-state index is 13.5. The number of phenols is 1. The maximum Gasteiger partial charge on any atom is 0.240 e. The molecule has 2 atom stereocenters. The van der Waals surface area contributed by atoms with Crippen LogP contribution in [0.25, 0.3) is 33.5 Å². The van der Waals surface area contributed by atoms with Crippen molar-refractivity contribution in [3.05, 3.63) is 53.3 Å². The molecule has 9 heteroatoms. The first kappa shape index (κ1) is 24.6. The second kappa shape index (κ2) is 9.56. The van der Waals surface area contributed by atoms with Crippen LogP contribution in [0, 0.1) is 0 Å². The molecule has 2 aliphatic heterocycles. The van der Waals surface area contributed by atoms with E-state index in [-0.39, 0.29) is 23.7 Å². The lowest BCUT2D eigenvalue weighted by molar-refractivity contribution is -0.141. The molecule has 0 radical (unpaired) electrons. The lowest BCUT2D eigenvalue weighted by Crippen LogP contribution is -2.58. The molecule has 0 aliphatic carbocycles. The highest BCUT2D eigenvalue weighted by molar-refractivity contribution is 5.94. The fourth-order valence-corrected chi connectivity index (χ4v) is 6.01. The Kier molecular flexibility index (Phi) is 6.20. The van der Waals surface area contributed by atoms with Gasteiger partial charge in [-0.25, -0.2) is 4.98 Å². The molecule has 4 aromatic rings. The second-order valence-electron chi connectivity index (χ2n) is 10.8. The zero-order valence-electron chi connectivity index (χ0n) is 22.5. The lowest BCUT2D eigenvalue weighted by Gasteiger charge is -2.42. The number of hydrogen-bond acceptors (Lipinski definition) is 6. The van der Waals surface area contributed by atoms with Crippen LogP contribution in [0.2, 0.25) is 0 Å². The van der Waals surface area contributed by atoms with Gasteiger partial charge in [-0.2, -0.15) is 5.10 Å². The minimum Gasteiger partial charge on any atom is -0.508 e. The minimum atomic E-state index is -0.207. The van der Waals surface area contributed by atoms with Crippen LogP contribution >= 0.6 is 0 Å². The van der Waals surface area contributed by atoms with E-state index in [1.54, 1.807) is 6.07 Å². The fraction of sp³-hybridized carbons (Fsp3) is 0.414. The quantitative estimate of drug-likeness (QED) is 0.386. The standard InChI is InChI=1S/C29H35N7O2/c1-5-18-12-20(37)7-9-21(18)19-6-8-22-23(13-19)32-33-27(22)28-30-24-14-26(35(4)16-25(24)31-28)29(38)36-11-10-34(3)15-17(36)2/h6-9,12-13,17,26,37H,5,10-11,14-16H2,1-4H3,(H,30,31)(H,32,33). The lowest BCUT2D eigenvalue weighted by atomic mass is 9.97. The number of aryl methyl sites for hydroxylation is 1. The van der Waals surface area contributed by atoms with Crippen molar-refractivity contribution in [3.63, 3.8) is 0 Å². The molecule has 2 unspecified atom stereocenters. The Balaban J connectivity index is 1.27. The molecule has 1 fully saturated rings. The molecule has 38 heavy (non-hydrogen) atoms. The number of aromatic amines is 2. The maximum absolute atomic E-state index is 13.5. The van der Waals surface area contributed by atoms with Crippen LogP contribution in [-0.2, 0) is 24.2 Å². The zero-order chi connectivity index (χ0) is 26.6. The van der Waals surface area contributed by atoms with E-state index in [1.807, 2.05) is 24.1 Å². The summed E-state index contributed by atoms with van der Waals surface area (Å²) in [6.45, 7) is 7.45. The van der Waals surface area contributed by atoms with Crippen molar-refractivity contribution in [1.82, 2.24) is 34.9 Å².